The number of rotatable bonds is 6. The predicted molar refractivity (Wildman–Crippen MR) is 103 cm³/mol. The van der Waals surface area contributed by atoms with Crippen LogP contribution in [-0.4, -0.2) is 25.6 Å². The number of thiophene rings is 1. The van der Waals surface area contributed by atoms with Crippen molar-refractivity contribution in [1.29, 1.82) is 0 Å². The Morgan fingerprint density at radius 2 is 1.89 bits per heavy atom. The maximum absolute atomic E-state index is 13.0. The molecule has 0 saturated carbocycles. The Morgan fingerprint density at radius 1 is 1.15 bits per heavy atom. The van der Waals surface area contributed by atoms with E-state index in [0.29, 0.717) is 28.5 Å². The normalized spacial score (nSPS) is 10.6. The van der Waals surface area contributed by atoms with Crippen LogP contribution in [0.1, 0.15) is 22.2 Å². The number of carbonyl (C=O) groups excluding carboxylic acids is 2. The van der Waals surface area contributed by atoms with Gasteiger partial charge in [0.15, 0.2) is 10.6 Å². The first-order valence-corrected chi connectivity index (χ1v) is 9.15. The molecule has 1 N–H and O–H groups in total. The van der Waals surface area contributed by atoms with Gasteiger partial charge in [-0.1, -0.05) is 12.1 Å². The molecule has 0 spiro atoms. The highest BCUT2D eigenvalue weighted by Gasteiger charge is 2.21. The lowest BCUT2D eigenvalue weighted by molar-refractivity contribution is -0.115. The van der Waals surface area contributed by atoms with Crippen LogP contribution in [0, 0.1) is 5.82 Å². The number of nitrogens with one attached hydrogen (secondary N) is 1. The summed E-state index contributed by atoms with van der Waals surface area (Å²) in [5.74, 6) is -0.560. The first-order valence-electron chi connectivity index (χ1n) is 8.33. The molecule has 0 fully saturated rings. The lowest BCUT2D eigenvalue weighted by Crippen LogP contribution is -2.14. The number of halogens is 1. The number of ether oxygens (including phenoxy) is 2. The van der Waals surface area contributed by atoms with Crippen molar-refractivity contribution in [2.24, 2.45) is 0 Å². The number of carbonyl (C=O) groups is 2. The van der Waals surface area contributed by atoms with Gasteiger partial charge >= 0.3 is 5.97 Å². The first-order chi connectivity index (χ1) is 13.0. The van der Waals surface area contributed by atoms with Crippen LogP contribution >= 0.6 is 11.3 Å². The zero-order valence-electron chi connectivity index (χ0n) is 14.9. The number of hydrogen-bond acceptors (Lipinski definition) is 5. The van der Waals surface area contributed by atoms with E-state index in [-0.39, 0.29) is 18.1 Å². The Kier molecular flexibility index (Phi) is 5.71. The molecule has 140 valence electrons. The van der Waals surface area contributed by atoms with Crippen LogP contribution in [0.4, 0.5) is 10.1 Å². The van der Waals surface area contributed by atoms with Gasteiger partial charge in [0.25, 0.3) is 0 Å². The van der Waals surface area contributed by atoms with Crippen LogP contribution in [0.15, 0.2) is 42.5 Å². The Morgan fingerprint density at radius 3 is 2.56 bits per heavy atom. The monoisotopic (exact) mass is 387 g/mol. The molecule has 0 aliphatic carbocycles. The average molecular weight is 387 g/mol. The number of benzene rings is 2. The van der Waals surface area contributed by atoms with Crippen LogP contribution in [0.25, 0.3) is 10.1 Å². The lowest BCUT2D eigenvalue weighted by atomic mass is 10.1. The number of fused-ring (bicyclic) bond motifs is 1. The molecule has 0 aliphatic heterocycles. The van der Waals surface area contributed by atoms with Gasteiger partial charge in [0.05, 0.1) is 20.1 Å². The number of amides is 1. The van der Waals surface area contributed by atoms with Crippen LogP contribution in [-0.2, 0) is 16.0 Å². The maximum atomic E-state index is 13.0. The molecular formula is C20H18FNO4S. The van der Waals surface area contributed by atoms with E-state index in [9.17, 15) is 14.0 Å². The molecule has 1 amide bonds. The molecule has 1 aromatic heterocycles. The first kappa shape index (κ1) is 18.8. The number of hydrogen-bond donors (Lipinski definition) is 1. The van der Waals surface area contributed by atoms with Gasteiger partial charge in [0.2, 0.25) is 5.91 Å². The Hall–Kier alpha value is -2.93. The summed E-state index contributed by atoms with van der Waals surface area (Å²) in [6.07, 6.45) is 0.133. The fourth-order valence-electron chi connectivity index (χ4n) is 2.66. The summed E-state index contributed by atoms with van der Waals surface area (Å²) >= 11 is 1.28. The summed E-state index contributed by atoms with van der Waals surface area (Å²) in [6, 6.07) is 11.2. The smallest absolute Gasteiger partial charge is 0.351 e. The third-order valence-corrected chi connectivity index (χ3v) is 5.00. The predicted octanol–water partition coefficient (Wildman–Crippen LogP) is 4.41. The van der Waals surface area contributed by atoms with E-state index in [1.807, 2.05) is 13.0 Å². The highest BCUT2D eigenvalue weighted by atomic mass is 32.1. The van der Waals surface area contributed by atoms with E-state index in [2.05, 4.69) is 5.32 Å². The summed E-state index contributed by atoms with van der Waals surface area (Å²) in [5, 5.41) is 3.56. The molecule has 3 rings (SSSR count). The van der Waals surface area contributed by atoms with Crippen molar-refractivity contribution in [2.75, 3.05) is 19.0 Å². The fourth-order valence-corrected chi connectivity index (χ4v) is 3.71. The molecule has 5 nitrogen and oxygen atoms in total. The molecule has 1 heterocycles. The maximum Gasteiger partial charge on any atom is 0.351 e. The third-order valence-electron chi connectivity index (χ3n) is 3.86. The lowest BCUT2D eigenvalue weighted by Gasteiger charge is -2.07. The van der Waals surface area contributed by atoms with Crippen LogP contribution in [0.5, 0.6) is 5.75 Å². The van der Waals surface area contributed by atoms with Crippen molar-refractivity contribution in [3.05, 3.63) is 58.7 Å². The van der Waals surface area contributed by atoms with Gasteiger partial charge in [0, 0.05) is 15.8 Å². The third kappa shape index (κ3) is 4.25. The number of anilines is 1. The van der Waals surface area contributed by atoms with Gasteiger partial charge in [-0.05, 0) is 42.8 Å². The van der Waals surface area contributed by atoms with Crippen molar-refractivity contribution < 1.29 is 23.5 Å². The van der Waals surface area contributed by atoms with E-state index >= 15 is 0 Å². The minimum Gasteiger partial charge on any atom is -0.491 e. The van der Waals surface area contributed by atoms with Gasteiger partial charge in [-0.3, -0.25) is 4.79 Å². The van der Waals surface area contributed by atoms with Crippen molar-refractivity contribution in [2.45, 2.75) is 13.3 Å². The Balaban J connectivity index is 1.84. The highest BCUT2D eigenvalue weighted by Crippen LogP contribution is 2.39. The topological polar surface area (TPSA) is 64.6 Å². The van der Waals surface area contributed by atoms with E-state index in [1.54, 1.807) is 24.3 Å². The van der Waals surface area contributed by atoms with Crippen LogP contribution < -0.4 is 10.1 Å². The average Bonchev–Trinajstić information content (AvgIpc) is 3.01. The van der Waals surface area contributed by atoms with E-state index in [0.717, 1.165) is 10.1 Å². The Bertz CT molecular complexity index is 982. The van der Waals surface area contributed by atoms with Gasteiger partial charge in [0.1, 0.15) is 5.82 Å². The molecule has 0 atom stereocenters. The molecule has 7 heteroatoms. The summed E-state index contributed by atoms with van der Waals surface area (Å²) in [4.78, 5) is 24.6. The van der Waals surface area contributed by atoms with Gasteiger partial charge < -0.3 is 14.8 Å². The quantitative estimate of drug-likeness (QED) is 0.637. The summed E-state index contributed by atoms with van der Waals surface area (Å²) in [7, 11) is 1.32. The van der Waals surface area contributed by atoms with Gasteiger partial charge in [-0.25, -0.2) is 9.18 Å². The number of esters is 1. The largest absolute Gasteiger partial charge is 0.491 e. The van der Waals surface area contributed by atoms with Crippen molar-refractivity contribution in [3.63, 3.8) is 0 Å². The van der Waals surface area contributed by atoms with Crippen LogP contribution in [0.2, 0.25) is 0 Å². The molecule has 0 aliphatic rings. The second-order valence-corrected chi connectivity index (χ2v) is 6.80. The highest BCUT2D eigenvalue weighted by molar-refractivity contribution is 7.21. The molecule has 3 aromatic rings. The summed E-state index contributed by atoms with van der Waals surface area (Å²) in [5.41, 5.74) is 1.30. The van der Waals surface area contributed by atoms with E-state index in [1.165, 1.54) is 30.6 Å². The molecule has 27 heavy (non-hydrogen) atoms. The Labute approximate surface area is 159 Å². The zero-order chi connectivity index (χ0) is 19.4. The van der Waals surface area contributed by atoms with Crippen molar-refractivity contribution >= 4 is 39.0 Å². The SMILES string of the molecule is CCOc1c(C(=O)OC)sc2ccc(NC(=O)Cc3ccc(F)cc3)cc12. The van der Waals surface area contributed by atoms with Crippen molar-refractivity contribution in [1.82, 2.24) is 0 Å². The minimum absolute atomic E-state index is 0.133. The fraction of sp³-hybridized carbons (Fsp3) is 0.200. The number of methoxy groups -OCH3 is 1. The van der Waals surface area contributed by atoms with Gasteiger partial charge in [-0.2, -0.15) is 0 Å². The molecular weight excluding hydrogens is 369 g/mol. The van der Waals surface area contributed by atoms with Crippen molar-refractivity contribution in [3.8, 4) is 5.75 Å². The second-order valence-electron chi connectivity index (χ2n) is 5.75. The van der Waals surface area contributed by atoms with Gasteiger partial charge in [-0.15, -0.1) is 11.3 Å². The second kappa shape index (κ2) is 8.18. The van der Waals surface area contributed by atoms with E-state index < -0.39 is 5.97 Å². The molecule has 0 radical (unpaired) electrons. The molecule has 0 unspecified atom stereocenters. The zero-order valence-corrected chi connectivity index (χ0v) is 15.7. The molecule has 0 bridgehead atoms. The van der Waals surface area contributed by atoms with E-state index in [4.69, 9.17) is 9.47 Å². The standard InChI is InChI=1S/C20H18FNO4S/c1-3-26-18-15-11-14(8-9-16(15)27-19(18)20(24)25-2)22-17(23)10-12-4-6-13(21)7-5-12/h4-9,11H,3,10H2,1-2H3,(H,22,23). The molecule has 0 saturated heterocycles. The molecule has 2 aromatic carbocycles. The van der Waals surface area contributed by atoms with Crippen LogP contribution in [0.3, 0.4) is 0 Å². The summed E-state index contributed by atoms with van der Waals surface area (Å²) in [6.45, 7) is 2.23. The summed E-state index contributed by atoms with van der Waals surface area (Å²) < 4.78 is 24.3. The minimum atomic E-state index is -0.457.